The van der Waals surface area contributed by atoms with Gasteiger partial charge < -0.3 is 0 Å². The maximum Gasteiger partial charge on any atom is 0.824 e. The fraction of sp³-hybridized carbons (Fsp3) is 0.667. The molecule has 0 N–H and O–H groups in total. The summed E-state index contributed by atoms with van der Waals surface area (Å²) < 4.78 is 63.8. The van der Waals surface area contributed by atoms with Crippen LogP contribution in [0.2, 0.25) is 0 Å². The van der Waals surface area contributed by atoms with Crippen LogP contribution in [-0.4, -0.2) is 26.4 Å². The predicted molar refractivity (Wildman–Crippen MR) is 87.0 cm³/mol. The summed E-state index contributed by atoms with van der Waals surface area (Å²) in [5, 5.41) is 0. The zero-order chi connectivity index (χ0) is 18.5. The van der Waals surface area contributed by atoms with E-state index in [0.717, 1.165) is 0 Å². The van der Waals surface area contributed by atoms with Crippen LogP contribution >= 0.6 is 23.4 Å². The predicted octanol–water partition coefficient (Wildman–Crippen LogP) is 4.05. The molecule has 0 unspecified atom stereocenters. The molecule has 0 fully saturated rings. The monoisotopic (exact) mass is 401 g/mol. The van der Waals surface area contributed by atoms with Crippen LogP contribution in [0.4, 0.5) is 0 Å². The Morgan fingerprint density at radius 1 is 0.708 bits per heavy atom. The van der Waals surface area contributed by atoms with Gasteiger partial charge in [-0.15, -0.1) is 0 Å². The molecule has 0 spiro atoms. The van der Waals surface area contributed by atoms with Gasteiger partial charge in [-0.05, 0) is 27.7 Å². The Balaban J connectivity index is 4.68. The smallest absolute Gasteiger partial charge is 0.300 e. The van der Waals surface area contributed by atoms with E-state index >= 15 is 0 Å². The molecular weight excluding hydrogens is 381 g/mol. The minimum absolute atomic E-state index is 0.115. The lowest BCUT2D eigenvalue weighted by atomic mass is 10.9. The minimum Gasteiger partial charge on any atom is -0.300 e. The van der Waals surface area contributed by atoms with Crippen LogP contribution in [0.1, 0.15) is 27.7 Å². The van der Waals surface area contributed by atoms with Crippen LogP contribution in [-0.2, 0) is 40.8 Å². The van der Waals surface area contributed by atoms with E-state index in [1.165, 1.54) is 0 Å². The average Bonchev–Trinajstić information content (AvgIpc) is 2.48. The van der Waals surface area contributed by atoms with E-state index in [0.29, 0.717) is 0 Å². The van der Waals surface area contributed by atoms with Gasteiger partial charge in [0.25, 0.3) is 0 Å². The number of hydrogen-bond donors (Lipinski definition) is 0. The highest BCUT2D eigenvalue weighted by atomic mass is 31.2. The van der Waals surface area contributed by atoms with Crippen molar-refractivity contribution in [3.63, 3.8) is 0 Å². The summed E-state index contributed by atoms with van der Waals surface area (Å²) in [6, 6.07) is 0. The molecule has 12 heteroatoms. The molecule has 0 aliphatic rings. The summed E-state index contributed by atoms with van der Waals surface area (Å²) in [4.78, 5) is 0. The van der Waals surface area contributed by atoms with Gasteiger partial charge in [0.1, 0.15) is 0 Å². The third kappa shape index (κ3) is 10.1. The lowest BCUT2D eigenvalue weighted by Crippen LogP contribution is -1.93. The third-order valence-electron chi connectivity index (χ3n) is 1.80. The molecule has 0 aliphatic carbocycles. The lowest BCUT2D eigenvalue weighted by molar-refractivity contribution is 0.229. The summed E-state index contributed by atoms with van der Waals surface area (Å²) in [7, 11) is -10.1. The molecule has 0 amide bonds. The fourth-order valence-corrected chi connectivity index (χ4v) is 3.63. The van der Waals surface area contributed by atoms with Crippen molar-refractivity contribution in [2.24, 2.45) is 0 Å². The Kier molecular flexibility index (Phi) is 12.0. The van der Waals surface area contributed by atoms with Gasteiger partial charge in [0.05, 0.1) is 37.8 Å². The molecule has 0 saturated heterocycles. The van der Waals surface area contributed by atoms with Crippen molar-refractivity contribution in [2.75, 3.05) is 26.4 Å². The second kappa shape index (κ2) is 12.5. The first-order valence-corrected chi connectivity index (χ1v) is 11.2. The molecule has 9 nitrogen and oxygen atoms in total. The number of rotatable bonds is 10. The van der Waals surface area contributed by atoms with E-state index in [1.807, 2.05) is 12.2 Å². The summed E-state index contributed by atoms with van der Waals surface area (Å²) in [5.41, 5.74) is 4.20. The Morgan fingerprint density at radius 3 is 1.25 bits per heavy atom. The summed E-state index contributed by atoms with van der Waals surface area (Å²) >= 11 is 0. The Labute approximate surface area is 142 Å². The Hall–Kier alpha value is -0.880. The van der Waals surface area contributed by atoms with Crippen LogP contribution in [0.5, 0.6) is 0 Å². The molecule has 0 aliphatic heterocycles. The van der Waals surface area contributed by atoms with E-state index in [9.17, 15) is 13.7 Å². The van der Waals surface area contributed by atoms with Gasteiger partial charge in [0.15, 0.2) is 12.2 Å². The fourth-order valence-electron chi connectivity index (χ4n) is 1.13. The van der Waals surface area contributed by atoms with Gasteiger partial charge in [-0.3, -0.25) is 18.1 Å². The van der Waals surface area contributed by atoms with Crippen LogP contribution in [0.3, 0.4) is 0 Å². The van der Waals surface area contributed by atoms with Crippen molar-refractivity contribution in [3.8, 4) is 23.5 Å². The number of hydrogen-bond acceptors (Lipinski definition) is 9. The maximum absolute atomic E-state index is 12.0. The van der Waals surface area contributed by atoms with Gasteiger partial charge in [-0.1, -0.05) is 0 Å². The second-order valence-corrected chi connectivity index (χ2v) is 7.78. The van der Waals surface area contributed by atoms with Crippen LogP contribution in [0.15, 0.2) is 0 Å². The molecule has 0 bridgehead atoms. The normalized spacial score (nSPS) is 10.8. The van der Waals surface area contributed by atoms with E-state index in [1.54, 1.807) is 27.7 Å². The van der Waals surface area contributed by atoms with Gasteiger partial charge in [0.2, 0.25) is 0 Å². The molecule has 0 aromatic heterocycles. The van der Waals surface area contributed by atoms with Crippen LogP contribution in [0, 0.1) is 23.5 Å². The quantitative estimate of drug-likeness (QED) is 0.396. The molecular formula is C12H20O9P3+. The first kappa shape index (κ1) is 23.1. The van der Waals surface area contributed by atoms with E-state index in [4.69, 9.17) is 18.1 Å². The standard InChI is InChI=1S/C12H20O9P3/c1-5-18-23(14,19-6-2)11-9-16-22(13)17-10-12-24(15,20-7-3)21-8-4/h5-8H2,1-4H3/q+1. The van der Waals surface area contributed by atoms with Gasteiger partial charge in [0, 0.05) is 4.57 Å². The maximum atomic E-state index is 12.0. The molecule has 24 heavy (non-hydrogen) atoms. The SMILES string of the molecule is CCOP(=O)(C#CO[P+](=O)OC#CP(=O)(OCC)OCC)OCC. The summed E-state index contributed by atoms with van der Waals surface area (Å²) in [5.74, 6) is 0. The van der Waals surface area contributed by atoms with Crippen molar-refractivity contribution in [1.82, 2.24) is 0 Å². The largest absolute Gasteiger partial charge is 0.824 e. The van der Waals surface area contributed by atoms with E-state index < -0.39 is 23.4 Å². The van der Waals surface area contributed by atoms with E-state index in [-0.39, 0.29) is 26.4 Å². The lowest BCUT2D eigenvalue weighted by Gasteiger charge is -2.08. The minimum atomic E-state index is -3.64. The zero-order valence-electron chi connectivity index (χ0n) is 13.8. The van der Waals surface area contributed by atoms with Crippen molar-refractivity contribution in [1.29, 1.82) is 0 Å². The Morgan fingerprint density at radius 2 is 1.00 bits per heavy atom. The van der Waals surface area contributed by atoms with Gasteiger partial charge in [-0.25, -0.2) is 9.13 Å². The zero-order valence-corrected chi connectivity index (χ0v) is 16.5. The first-order valence-electron chi connectivity index (χ1n) is 6.98. The third-order valence-corrected chi connectivity index (χ3v) is 5.41. The topological polar surface area (TPSA) is 107 Å². The van der Waals surface area contributed by atoms with Crippen LogP contribution in [0.25, 0.3) is 0 Å². The van der Waals surface area contributed by atoms with Gasteiger partial charge in [-0.2, -0.15) is 9.05 Å². The van der Waals surface area contributed by atoms with Crippen molar-refractivity contribution in [2.45, 2.75) is 27.7 Å². The van der Waals surface area contributed by atoms with E-state index in [2.05, 4.69) is 20.4 Å². The van der Waals surface area contributed by atoms with Crippen LogP contribution < -0.4 is 0 Å². The molecule has 0 aromatic rings. The highest BCUT2D eigenvalue weighted by Crippen LogP contribution is 2.47. The molecule has 0 rings (SSSR count). The van der Waals surface area contributed by atoms with Crippen molar-refractivity contribution in [3.05, 3.63) is 0 Å². The highest BCUT2D eigenvalue weighted by Gasteiger charge is 2.25. The molecule has 0 radical (unpaired) electrons. The first-order chi connectivity index (χ1) is 11.3. The van der Waals surface area contributed by atoms with Crippen molar-refractivity contribution >= 4 is 23.4 Å². The highest BCUT2D eigenvalue weighted by molar-refractivity contribution is 7.59. The molecule has 0 atom stereocenters. The average molecular weight is 401 g/mol. The summed E-state index contributed by atoms with van der Waals surface area (Å²) in [6.07, 6.45) is 3.84. The summed E-state index contributed by atoms with van der Waals surface area (Å²) in [6.45, 7) is 6.92. The second-order valence-electron chi connectivity index (χ2n) is 3.50. The Bertz CT molecular complexity index is 539. The molecule has 0 saturated carbocycles. The molecule has 0 heterocycles. The van der Waals surface area contributed by atoms with Gasteiger partial charge >= 0.3 is 23.4 Å². The molecule has 0 aromatic carbocycles. The molecule has 136 valence electrons. The van der Waals surface area contributed by atoms with Crippen molar-refractivity contribution < 1.29 is 40.8 Å².